The first-order chi connectivity index (χ1) is 27.1. The maximum Gasteiger partial charge on any atom is 0.259 e. The topological polar surface area (TPSA) is 190 Å². The minimum Gasteiger partial charge on any atom is -0.497 e. The molecule has 2 saturated heterocycles. The molecule has 57 heavy (non-hydrogen) atoms. The quantitative estimate of drug-likeness (QED) is 0.239. The van der Waals surface area contributed by atoms with Crippen LogP contribution in [0.4, 0.5) is 0 Å². The van der Waals surface area contributed by atoms with Crippen molar-refractivity contribution in [3.8, 4) is 23.1 Å². The molecule has 7 rings (SSSR count). The Hall–Kier alpha value is -5.12. The van der Waals surface area contributed by atoms with E-state index < -0.39 is 67.9 Å². The first kappa shape index (κ1) is 40.1. The number of aromatic nitrogens is 3. The lowest BCUT2D eigenvalue weighted by atomic mass is 9.77. The van der Waals surface area contributed by atoms with Crippen molar-refractivity contribution in [2.24, 2.45) is 17.3 Å². The number of likely N-dealkylation sites (tertiary alicyclic amines) is 2. The maximum atomic E-state index is 14.8. The lowest BCUT2D eigenvalue weighted by molar-refractivity contribution is -0.148. The fourth-order valence-electron chi connectivity index (χ4n) is 7.87. The van der Waals surface area contributed by atoms with Crippen molar-refractivity contribution in [2.45, 2.75) is 95.1 Å². The molecule has 304 valence electrons. The highest BCUT2D eigenvalue weighted by Gasteiger charge is 2.62. The molecule has 0 spiro atoms. The highest BCUT2D eigenvalue weighted by atomic mass is 32.2. The summed E-state index contributed by atoms with van der Waals surface area (Å²) in [6.45, 7) is 10.8. The third kappa shape index (κ3) is 8.46. The molecule has 3 aromatic rings. The van der Waals surface area contributed by atoms with Gasteiger partial charge in [0.1, 0.15) is 29.1 Å². The van der Waals surface area contributed by atoms with Gasteiger partial charge in [0.05, 0.1) is 35.7 Å². The van der Waals surface area contributed by atoms with Crippen molar-refractivity contribution in [2.75, 3.05) is 26.7 Å². The number of methoxy groups -OCH3 is 1. The van der Waals surface area contributed by atoms with Crippen molar-refractivity contribution in [3.63, 3.8) is 0 Å². The van der Waals surface area contributed by atoms with Crippen LogP contribution >= 0.6 is 0 Å². The first-order valence-corrected chi connectivity index (χ1v) is 21.2. The molecule has 0 bridgehead atoms. The monoisotopic (exact) mass is 801 g/mol. The third-order valence-corrected chi connectivity index (χ3v) is 13.4. The summed E-state index contributed by atoms with van der Waals surface area (Å²) in [5.74, 6) is -2.20. The second-order valence-corrected chi connectivity index (χ2v) is 18.6. The second-order valence-electron chi connectivity index (χ2n) is 16.7. The van der Waals surface area contributed by atoms with Crippen LogP contribution < -0.4 is 19.5 Å². The number of hydrogen-bond acceptors (Lipinski definition) is 11. The lowest BCUT2D eigenvalue weighted by Crippen LogP contribution is -2.57. The van der Waals surface area contributed by atoms with Crippen LogP contribution in [0.5, 0.6) is 11.6 Å². The summed E-state index contributed by atoms with van der Waals surface area (Å²) in [6, 6.07) is 9.53. The van der Waals surface area contributed by atoms with E-state index in [4.69, 9.17) is 19.4 Å². The Morgan fingerprint density at radius 1 is 1.07 bits per heavy atom. The molecule has 4 amide bonds. The van der Waals surface area contributed by atoms with E-state index in [9.17, 15) is 27.6 Å². The van der Waals surface area contributed by atoms with E-state index in [2.05, 4.69) is 21.6 Å². The molecule has 4 fully saturated rings. The van der Waals surface area contributed by atoms with Crippen LogP contribution in [-0.4, -0.2) is 106 Å². The Morgan fingerprint density at radius 2 is 1.82 bits per heavy atom. The summed E-state index contributed by atoms with van der Waals surface area (Å²) >= 11 is 0. The highest BCUT2D eigenvalue weighted by Crippen LogP contribution is 2.46. The second kappa shape index (κ2) is 15.7. The number of hydrogen-bond donors (Lipinski definition) is 2. The number of nitrogens with one attached hydrogen (secondary N) is 2. The molecule has 1 aromatic carbocycles. The molecule has 4 heterocycles. The first-order valence-electron chi connectivity index (χ1n) is 19.7. The van der Waals surface area contributed by atoms with Gasteiger partial charge in [-0.1, -0.05) is 32.9 Å². The predicted octanol–water partition coefficient (Wildman–Crippen LogP) is 3.78. The Morgan fingerprint density at radius 3 is 2.46 bits per heavy atom. The Balaban J connectivity index is 1.21. The summed E-state index contributed by atoms with van der Waals surface area (Å²) in [5.41, 5.74) is -1.18. The van der Waals surface area contributed by atoms with E-state index in [0.29, 0.717) is 54.1 Å². The van der Waals surface area contributed by atoms with Gasteiger partial charge in [0.2, 0.25) is 33.6 Å². The molecule has 0 radical (unpaired) electrons. The largest absolute Gasteiger partial charge is 0.497 e. The van der Waals surface area contributed by atoms with Crippen LogP contribution in [0.15, 0.2) is 55.3 Å². The normalized spacial score (nSPS) is 24.0. The fourth-order valence-corrected chi connectivity index (χ4v) is 9.23. The molecule has 2 aliphatic carbocycles. The number of benzene rings is 1. The van der Waals surface area contributed by atoms with E-state index in [1.165, 1.54) is 11.0 Å². The molecule has 4 aliphatic rings. The smallest absolute Gasteiger partial charge is 0.259 e. The van der Waals surface area contributed by atoms with Crippen molar-refractivity contribution >= 4 is 44.6 Å². The van der Waals surface area contributed by atoms with Crippen molar-refractivity contribution in [1.29, 1.82) is 0 Å². The number of pyridine rings is 1. The summed E-state index contributed by atoms with van der Waals surface area (Å²) in [6.07, 6.45) is 6.31. The van der Waals surface area contributed by atoms with E-state index in [1.54, 1.807) is 43.6 Å². The SMILES string of the molecule is C=CC1C[C@]1(NC(=O)[C@@H]1C[C@@H](Oc2nc(-c3ccccn3)nc3cc(OC)ccc23)CN1C(=O)[C@@H](CC(=O)N1CCCCC1)C(C)(C)C)C(=O)NS(=O)(=O)C1CC1. The number of nitrogens with zero attached hydrogens (tertiary/aromatic N) is 5. The van der Waals surface area contributed by atoms with Gasteiger partial charge in [-0.3, -0.25) is 28.9 Å². The van der Waals surface area contributed by atoms with Gasteiger partial charge in [-0.15, -0.1) is 6.58 Å². The fraction of sp³-hybridized carbons (Fsp3) is 0.537. The standard InChI is InChI=1S/C41H51N7O8S/c1-6-25-23-41(25,39(52)46-57(53,54)28-14-15-28)45-36(50)33-21-27(24-48(33)38(51)30(40(2,3)4)22-34(49)47-18-10-7-11-19-47)56-37-29-16-13-26(55-5)20-32(29)43-35(44-37)31-12-8-9-17-42-31/h6,8-9,12-13,16-17,20,25,27-28,30,33H,1,7,10-11,14-15,18-19,21-24H2,2-5H3,(H,45,50)(H,46,52)/t25?,27-,30-,33+,41-/m1/s1. The summed E-state index contributed by atoms with van der Waals surface area (Å²) in [7, 11) is -2.35. The average Bonchev–Trinajstić information content (AvgIpc) is 4.13. The van der Waals surface area contributed by atoms with E-state index in [1.807, 2.05) is 31.7 Å². The minimum absolute atomic E-state index is 0.0197. The molecular weight excluding hydrogens is 751 g/mol. The van der Waals surface area contributed by atoms with Crippen LogP contribution in [0.3, 0.4) is 0 Å². The summed E-state index contributed by atoms with van der Waals surface area (Å²) in [5, 5.41) is 2.77. The Labute approximate surface area is 333 Å². The molecule has 15 nitrogen and oxygen atoms in total. The van der Waals surface area contributed by atoms with Crippen molar-refractivity contribution < 1.29 is 37.1 Å². The maximum absolute atomic E-state index is 14.8. The number of rotatable bonds is 13. The molecule has 2 N–H and O–H groups in total. The van der Waals surface area contributed by atoms with E-state index >= 15 is 0 Å². The molecule has 2 saturated carbocycles. The minimum atomic E-state index is -3.91. The van der Waals surface area contributed by atoms with Crippen molar-refractivity contribution in [1.82, 2.24) is 34.8 Å². The lowest BCUT2D eigenvalue weighted by Gasteiger charge is -2.36. The van der Waals surface area contributed by atoms with E-state index in [-0.39, 0.29) is 37.6 Å². The molecule has 16 heteroatoms. The molecule has 5 atom stereocenters. The number of carbonyl (C=O) groups excluding carboxylic acids is 4. The molecule has 2 aromatic heterocycles. The Kier molecular flexibility index (Phi) is 11.0. The predicted molar refractivity (Wildman–Crippen MR) is 211 cm³/mol. The molecular formula is C41H51N7O8S. The summed E-state index contributed by atoms with van der Waals surface area (Å²) in [4.78, 5) is 73.8. The van der Waals surface area contributed by atoms with Gasteiger partial charge < -0.3 is 24.6 Å². The summed E-state index contributed by atoms with van der Waals surface area (Å²) < 4.78 is 39.9. The van der Waals surface area contributed by atoms with Gasteiger partial charge in [-0.05, 0) is 68.2 Å². The number of fused-ring (bicyclic) bond motifs is 1. The van der Waals surface area contributed by atoms with Gasteiger partial charge >= 0.3 is 0 Å². The number of sulfonamides is 1. The van der Waals surface area contributed by atoms with Gasteiger partial charge in [0.25, 0.3) is 5.91 Å². The number of ether oxygens (including phenoxy) is 2. The molecule has 2 aliphatic heterocycles. The molecule has 1 unspecified atom stereocenters. The van der Waals surface area contributed by atoms with Gasteiger partial charge in [-0.25, -0.2) is 13.4 Å². The number of carbonyl (C=O) groups is 4. The highest BCUT2D eigenvalue weighted by molar-refractivity contribution is 7.91. The Bertz CT molecular complexity index is 2170. The number of piperidine rings is 1. The van der Waals surface area contributed by atoms with Crippen molar-refractivity contribution in [3.05, 3.63) is 55.3 Å². The zero-order valence-electron chi connectivity index (χ0n) is 32.9. The van der Waals surface area contributed by atoms with Gasteiger partial charge in [-0.2, -0.15) is 4.98 Å². The third-order valence-electron chi connectivity index (χ3n) is 11.6. The zero-order valence-corrected chi connectivity index (χ0v) is 33.7. The van der Waals surface area contributed by atoms with Gasteiger partial charge in [0, 0.05) is 44.1 Å². The van der Waals surface area contributed by atoms with Crippen LogP contribution in [-0.2, 0) is 29.2 Å². The zero-order chi connectivity index (χ0) is 40.7. The average molecular weight is 802 g/mol. The van der Waals surface area contributed by atoms with E-state index in [0.717, 1.165) is 19.3 Å². The van der Waals surface area contributed by atoms with Crippen LogP contribution in [0, 0.1) is 17.3 Å². The van der Waals surface area contributed by atoms with Gasteiger partial charge in [0.15, 0.2) is 5.82 Å². The van der Waals surface area contributed by atoms with Crippen LogP contribution in [0.2, 0.25) is 0 Å². The van der Waals surface area contributed by atoms with Crippen LogP contribution in [0.1, 0.15) is 72.1 Å². The number of amides is 4. The van der Waals surface area contributed by atoms with Crippen LogP contribution in [0.25, 0.3) is 22.4 Å².